The van der Waals surface area contributed by atoms with E-state index in [1.807, 2.05) is 0 Å². The molecule has 1 aliphatic heterocycles. The molecule has 94 valence electrons. The molecule has 0 amide bonds. The van der Waals surface area contributed by atoms with Crippen molar-refractivity contribution in [1.82, 2.24) is 4.90 Å². The average Bonchev–Trinajstić information content (AvgIpc) is 2.29. The van der Waals surface area contributed by atoms with E-state index >= 15 is 0 Å². The van der Waals surface area contributed by atoms with Gasteiger partial charge < -0.3 is 0 Å². The van der Waals surface area contributed by atoms with Crippen LogP contribution < -0.4 is 0 Å². The Morgan fingerprint density at radius 1 is 1.25 bits per heavy atom. The normalized spacial score (nSPS) is 22.1. The highest BCUT2D eigenvalue weighted by Gasteiger charge is 2.16. The van der Waals surface area contributed by atoms with Crippen LogP contribution in [0.4, 0.5) is 0 Å². The maximum absolute atomic E-state index is 4.57. The van der Waals surface area contributed by atoms with Gasteiger partial charge in [-0.2, -0.15) is 0 Å². The lowest BCUT2D eigenvalue weighted by atomic mass is 9.95. The van der Waals surface area contributed by atoms with Crippen molar-refractivity contribution in [3.8, 4) is 0 Å². The molecule has 0 radical (unpaired) electrons. The second-order valence-electron chi connectivity index (χ2n) is 5.55. The van der Waals surface area contributed by atoms with Gasteiger partial charge in [-0.15, -0.1) is 0 Å². The summed E-state index contributed by atoms with van der Waals surface area (Å²) in [5, 5.41) is 0. The third-order valence-corrected chi connectivity index (χ3v) is 3.96. The number of nitrogens with zero attached hydrogens (tertiary/aromatic N) is 2. The standard InChI is InChI=1S/C14H28N2/c1-5-14-6-8-16(9-7-14)11-15-10-13(4)12(2)3/h10,12-14H,5-9,11H2,1-4H3/b15-10-. The Hall–Kier alpha value is -0.370. The first-order valence-electron chi connectivity index (χ1n) is 6.85. The predicted molar refractivity (Wildman–Crippen MR) is 71.9 cm³/mol. The van der Waals surface area contributed by atoms with Gasteiger partial charge in [-0.05, 0) is 30.6 Å². The Kier molecular flexibility index (Phi) is 6.04. The average molecular weight is 224 g/mol. The smallest absolute Gasteiger partial charge is 0.0905 e. The molecule has 1 fully saturated rings. The second kappa shape index (κ2) is 7.05. The van der Waals surface area contributed by atoms with Gasteiger partial charge in [-0.3, -0.25) is 9.89 Å². The molecule has 16 heavy (non-hydrogen) atoms. The van der Waals surface area contributed by atoms with Gasteiger partial charge >= 0.3 is 0 Å². The highest BCUT2D eigenvalue weighted by atomic mass is 15.2. The van der Waals surface area contributed by atoms with Crippen molar-refractivity contribution in [2.45, 2.75) is 47.0 Å². The van der Waals surface area contributed by atoms with E-state index in [0.29, 0.717) is 11.8 Å². The van der Waals surface area contributed by atoms with Crippen molar-refractivity contribution in [2.24, 2.45) is 22.7 Å². The molecule has 0 bridgehead atoms. The lowest BCUT2D eigenvalue weighted by molar-refractivity contribution is 0.187. The van der Waals surface area contributed by atoms with E-state index in [1.54, 1.807) is 0 Å². The van der Waals surface area contributed by atoms with E-state index in [-0.39, 0.29) is 0 Å². The number of piperidine rings is 1. The van der Waals surface area contributed by atoms with E-state index in [4.69, 9.17) is 0 Å². The van der Waals surface area contributed by atoms with Gasteiger partial charge in [0.25, 0.3) is 0 Å². The van der Waals surface area contributed by atoms with E-state index in [0.717, 1.165) is 12.6 Å². The first-order chi connectivity index (χ1) is 7.63. The maximum Gasteiger partial charge on any atom is 0.0905 e. The molecule has 0 aliphatic carbocycles. The molecule has 1 atom stereocenters. The van der Waals surface area contributed by atoms with Crippen LogP contribution >= 0.6 is 0 Å². The van der Waals surface area contributed by atoms with Crippen molar-refractivity contribution in [3.05, 3.63) is 0 Å². The minimum absolute atomic E-state index is 0.605. The fraction of sp³-hybridized carbons (Fsp3) is 0.929. The zero-order valence-corrected chi connectivity index (χ0v) is 11.4. The molecule has 0 aromatic rings. The molecule has 1 unspecified atom stereocenters. The largest absolute Gasteiger partial charge is 0.284 e. The minimum Gasteiger partial charge on any atom is -0.284 e. The molecule has 0 saturated carbocycles. The van der Waals surface area contributed by atoms with Gasteiger partial charge in [0.2, 0.25) is 0 Å². The van der Waals surface area contributed by atoms with Gasteiger partial charge in [-0.1, -0.05) is 34.1 Å². The molecule has 1 rings (SSSR count). The molecular formula is C14H28N2. The fourth-order valence-corrected chi connectivity index (χ4v) is 2.04. The molecule has 0 N–H and O–H groups in total. The summed E-state index contributed by atoms with van der Waals surface area (Å²) in [5.41, 5.74) is 0. The summed E-state index contributed by atoms with van der Waals surface area (Å²) in [5.74, 6) is 2.28. The van der Waals surface area contributed by atoms with Crippen molar-refractivity contribution in [2.75, 3.05) is 19.8 Å². The topological polar surface area (TPSA) is 15.6 Å². The Balaban J connectivity index is 2.19. The molecule has 2 heteroatoms. The van der Waals surface area contributed by atoms with Crippen molar-refractivity contribution in [1.29, 1.82) is 0 Å². The van der Waals surface area contributed by atoms with E-state index in [2.05, 4.69) is 43.8 Å². The van der Waals surface area contributed by atoms with Crippen LogP contribution in [0.3, 0.4) is 0 Å². The first kappa shape index (κ1) is 13.7. The highest BCUT2D eigenvalue weighted by Crippen LogP contribution is 2.19. The molecule has 1 heterocycles. The molecule has 0 spiro atoms. The number of hydrogen-bond acceptors (Lipinski definition) is 2. The summed E-state index contributed by atoms with van der Waals surface area (Å²) >= 11 is 0. The summed E-state index contributed by atoms with van der Waals surface area (Å²) in [6.45, 7) is 12.5. The van der Waals surface area contributed by atoms with E-state index < -0.39 is 0 Å². The predicted octanol–water partition coefficient (Wildman–Crippen LogP) is 3.43. The van der Waals surface area contributed by atoms with Crippen molar-refractivity contribution < 1.29 is 0 Å². The second-order valence-corrected chi connectivity index (χ2v) is 5.55. The number of hydrogen-bond donors (Lipinski definition) is 0. The number of rotatable bonds is 5. The van der Waals surface area contributed by atoms with Crippen molar-refractivity contribution in [3.63, 3.8) is 0 Å². The van der Waals surface area contributed by atoms with Gasteiger partial charge in [0.15, 0.2) is 0 Å². The Morgan fingerprint density at radius 3 is 2.38 bits per heavy atom. The molecule has 0 aromatic carbocycles. The van der Waals surface area contributed by atoms with Crippen LogP contribution in [-0.4, -0.2) is 30.9 Å². The van der Waals surface area contributed by atoms with Gasteiger partial charge in [-0.25, -0.2) is 0 Å². The number of likely N-dealkylation sites (tertiary alicyclic amines) is 1. The minimum atomic E-state index is 0.605. The van der Waals surface area contributed by atoms with Crippen molar-refractivity contribution >= 4 is 6.21 Å². The van der Waals surface area contributed by atoms with E-state index in [9.17, 15) is 0 Å². The maximum atomic E-state index is 4.57. The molecular weight excluding hydrogens is 196 g/mol. The lowest BCUT2D eigenvalue weighted by Gasteiger charge is -2.30. The fourth-order valence-electron chi connectivity index (χ4n) is 2.04. The molecule has 1 saturated heterocycles. The van der Waals surface area contributed by atoms with Gasteiger partial charge in [0, 0.05) is 19.3 Å². The Morgan fingerprint density at radius 2 is 1.88 bits per heavy atom. The monoisotopic (exact) mass is 224 g/mol. The summed E-state index contributed by atoms with van der Waals surface area (Å²) < 4.78 is 0. The van der Waals surface area contributed by atoms with Gasteiger partial charge in [0.05, 0.1) is 6.67 Å². The first-order valence-corrected chi connectivity index (χ1v) is 6.85. The molecule has 1 aliphatic rings. The van der Waals surface area contributed by atoms with Crippen LogP contribution in [0.15, 0.2) is 4.99 Å². The van der Waals surface area contributed by atoms with Crippen LogP contribution in [0.2, 0.25) is 0 Å². The van der Waals surface area contributed by atoms with Crippen LogP contribution in [0, 0.1) is 17.8 Å². The highest BCUT2D eigenvalue weighted by molar-refractivity contribution is 5.60. The Labute approximate surface area is 101 Å². The SMILES string of the molecule is CCC1CCN(C/N=C\C(C)C(C)C)CC1. The summed E-state index contributed by atoms with van der Waals surface area (Å²) in [7, 11) is 0. The van der Waals surface area contributed by atoms with Crippen LogP contribution in [-0.2, 0) is 0 Å². The van der Waals surface area contributed by atoms with Crippen LogP contribution in [0.1, 0.15) is 47.0 Å². The molecule has 2 nitrogen and oxygen atoms in total. The third-order valence-electron chi connectivity index (χ3n) is 3.96. The quantitative estimate of drug-likeness (QED) is 0.653. The zero-order valence-electron chi connectivity index (χ0n) is 11.4. The Bertz CT molecular complexity index is 203. The number of aliphatic imine (C=N–C) groups is 1. The van der Waals surface area contributed by atoms with Crippen LogP contribution in [0.5, 0.6) is 0 Å². The van der Waals surface area contributed by atoms with Crippen LogP contribution in [0.25, 0.3) is 0 Å². The summed E-state index contributed by atoms with van der Waals surface area (Å²) in [6.07, 6.45) is 6.22. The summed E-state index contributed by atoms with van der Waals surface area (Å²) in [4.78, 5) is 7.05. The van der Waals surface area contributed by atoms with Gasteiger partial charge in [0.1, 0.15) is 0 Å². The summed E-state index contributed by atoms with van der Waals surface area (Å²) in [6, 6.07) is 0. The molecule has 0 aromatic heterocycles. The van der Waals surface area contributed by atoms with E-state index in [1.165, 1.54) is 32.4 Å². The zero-order chi connectivity index (χ0) is 12.0. The lowest BCUT2D eigenvalue weighted by Crippen LogP contribution is -2.33. The third kappa shape index (κ3) is 4.65.